The van der Waals surface area contributed by atoms with Crippen molar-refractivity contribution in [2.75, 3.05) is 13.2 Å². The van der Waals surface area contributed by atoms with E-state index in [-0.39, 0.29) is 30.8 Å². The molecule has 0 fully saturated rings. The number of carbonyl (C=O) groups is 1. The highest BCUT2D eigenvalue weighted by Crippen LogP contribution is 2.35. The molecule has 210 valence electrons. The van der Waals surface area contributed by atoms with Crippen LogP contribution in [-0.2, 0) is 39.6 Å². The van der Waals surface area contributed by atoms with Crippen molar-refractivity contribution in [3.05, 3.63) is 88.0 Å². The first-order chi connectivity index (χ1) is 19.1. The molecule has 5 rings (SSSR count). The van der Waals surface area contributed by atoms with E-state index >= 15 is 0 Å². The third-order valence-electron chi connectivity index (χ3n) is 7.93. The van der Waals surface area contributed by atoms with Crippen LogP contribution in [0.3, 0.4) is 0 Å². The summed E-state index contributed by atoms with van der Waals surface area (Å²) < 4.78 is 36.2. The number of rotatable bonds is 7. The Kier molecular flexibility index (Phi) is 7.79. The van der Waals surface area contributed by atoms with Crippen LogP contribution in [-0.4, -0.2) is 46.8 Å². The van der Waals surface area contributed by atoms with E-state index in [9.17, 15) is 13.2 Å². The summed E-state index contributed by atoms with van der Waals surface area (Å²) in [5.74, 6) is -0.390. The van der Waals surface area contributed by atoms with Crippen LogP contribution in [0, 0.1) is 19.8 Å². The fourth-order valence-electron chi connectivity index (χ4n) is 5.79. The van der Waals surface area contributed by atoms with E-state index in [1.165, 1.54) is 0 Å². The Morgan fingerprint density at radius 3 is 2.67 bits per heavy atom. The van der Waals surface area contributed by atoms with Crippen molar-refractivity contribution < 1.29 is 17.9 Å². The van der Waals surface area contributed by atoms with Crippen LogP contribution >= 0.6 is 0 Å². The summed E-state index contributed by atoms with van der Waals surface area (Å²) in [5.41, 5.74) is 7.36. The molecule has 2 heterocycles. The first kappa shape index (κ1) is 28.0. The number of hydrogen-bond donors (Lipinski definition) is 0. The van der Waals surface area contributed by atoms with Crippen molar-refractivity contribution in [2.45, 2.75) is 57.9 Å². The number of hydrogen-bond acceptors (Lipinski definition) is 6. The van der Waals surface area contributed by atoms with Crippen LogP contribution in [0.2, 0.25) is 0 Å². The lowest BCUT2D eigenvalue weighted by molar-refractivity contribution is -0.143. The third kappa shape index (κ3) is 5.28. The number of fused-ring (bicyclic) bond motifs is 2. The van der Waals surface area contributed by atoms with Gasteiger partial charge in [0.05, 0.1) is 23.4 Å². The molecule has 1 aliphatic rings. The summed E-state index contributed by atoms with van der Waals surface area (Å²) in [6.07, 6.45) is 0.881. The molecule has 0 spiro atoms. The van der Waals surface area contributed by atoms with Gasteiger partial charge in [-0.15, -0.1) is 5.10 Å². The quantitative estimate of drug-likeness (QED) is 0.294. The van der Waals surface area contributed by atoms with Crippen LogP contribution in [0.25, 0.3) is 11.0 Å². The van der Waals surface area contributed by atoms with E-state index in [4.69, 9.17) is 4.74 Å². The highest BCUT2D eigenvalue weighted by atomic mass is 32.2. The van der Waals surface area contributed by atoms with Gasteiger partial charge >= 0.3 is 5.97 Å². The van der Waals surface area contributed by atoms with Gasteiger partial charge in [-0.2, -0.15) is 4.31 Å². The monoisotopic (exact) mass is 560 g/mol. The second kappa shape index (κ2) is 11.1. The van der Waals surface area contributed by atoms with Crippen LogP contribution in [0.5, 0.6) is 0 Å². The Morgan fingerprint density at radius 1 is 1.12 bits per heavy atom. The largest absolute Gasteiger partial charge is 0.466 e. The zero-order chi connectivity index (χ0) is 28.6. The molecule has 0 saturated heterocycles. The summed E-state index contributed by atoms with van der Waals surface area (Å²) in [4.78, 5) is 13.2. The van der Waals surface area contributed by atoms with Gasteiger partial charge < -0.3 is 4.74 Å². The summed E-state index contributed by atoms with van der Waals surface area (Å²) in [7, 11) is -1.81. The molecule has 0 aliphatic carbocycles. The van der Waals surface area contributed by atoms with Crippen molar-refractivity contribution in [3.63, 3.8) is 0 Å². The first-order valence-corrected chi connectivity index (χ1v) is 15.2. The number of nitrogens with zero attached hydrogens (tertiary/aromatic N) is 4. The van der Waals surface area contributed by atoms with E-state index in [1.54, 1.807) is 28.0 Å². The maximum absolute atomic E-state index is 13.8. The molecular formula is C31H36N4O4S. The fraction of sp³-hybridized carbons (Fsp3) is 0.387. The minimum absolute atomic E-state index is 0.162. The second-order valence-corrected chi connectivity index (χ2v) is 12.7. The smallest absolute Gasteiger partial charge is 0.306 e. The van der Waals surface area contributed by atoms with Crippen LogP contribution < -0.4 is 0 Å². The fourth-order valence-corrected chi connectivity index (χ4v) is 7.56. The molecule has 0 bridgehead atoms. The summed E-state index contributed by atoms with van der Waals surface area (Å²) in [6, 6.07) is 17.4. The minimum atomic E-state index is -3.67. The highest BCUT2D eigenvalue weighted by molar-refractivity contribution is 7.89. The van der Waals surface area contributed by atoms with Crippen LogP contribution in [0.15, 0.2) is 59.5 Å². The number of aromatic nitrogens is 3. The van der Waals surface area contributed by atoms with Gasteiger partial charge in [0.1, 0.15) is 5.52 Å². The van der Waals surface area contributed by atoms with Crippen LogP contribution in [0.1, 0.15) is 59.6 Å². The molecule has 0 amide bonds. The van der Waals surface area contributed by atoms with E-state index in [0.29, 0.717) is 18.0 Å². The summed E-state index contributed by atoms with van der Waals surface area (Å²) >= 11 is 0. The van der Waals surface area contributed by atoms with Crippen molar-refractivity contribution in [1.82, 2.24) is 19.3 Å². The van der Waals surface area contributed by atoms with E-state index in [2.05, 4.69) is 23.3 Å². The Hall–Kier alpha value is -3.56. The number of aryl methyl sites for hydroxylation is 3. The van der Waals surface area contributed by atoms with Gasteiger partial charge in [0.2, 0.25) is 10.0 Å². The highest BCUT2D eigenvalue weighted by Gasteiger charge is 2.32. The van der Waals surface area contributed by atoms with E-state index < -0.39 is 10.0 Å². The van der Waals surface area contributed by atoms with Gasteiger partial charge in [-0.25, -0.2) is 13.1 Å². The van der Waals surface area contributed by atoms with Gasteiger partial charge in [-0.05, 0) is 78.6 Å². The number of ether oxygens (including phenoxy) is 1. The molecule has 0 N–H and O–H groups in total. The number of sulfonamides is 1. The first-order valence-electron chi connectivity index (χ1n) is 13.7. The van der Waals surface area contributed by atoms with E-state index in [0.717, 1.165) is 50.8 Å². The van der Waals surface area contributed by atoms with Gasteiger partial charge in [0.15, 0.2) is 0 Å². The van der Waals surface area contributed by atoms with Crippen molar-refractivity contribution in [1.29, 1.82) is 0 Å². The normalized spacial score (nSPS) is 17.8. The Bertz CT molecular complexity index is 1680. The molecule has 1 aromatic heterocycles. The van der Waals surface area contributed by atoms with Gasteiger partial charge in [-0.1, -0.05) is 54.6 Å². The van der Waals surface area contributed by atoms with Crippen molar-refractivity contribution >= 4 is 27.0 Å². The molecule has 3 aromatic carbocycles. The molecule has 1 aliphatic heterocycles. The van der Waals surface area contributed by atoms with Crippen molar-refractivity contribution in [2.24, 2.45) is 13.0 Å². The molecule has 40 heavy (non-hydrogen) atoms. The maximum Gasteiger partial charge on any atom is 0.306 e. The maximum atomic E-state index is 13.8. The SMILES string of the molecule is CCOC(=O)CC(c1ccc(C)c(CN2CC(C)Cc3ccccc3S2(=O)=O)c1)c1ccc2c(nnn2C)c1C. The lowest BCUT2D eigenvalue weighted by Crippen LogP contribution is -2.33. The number of esters is 1. The van der Waals surface area contributed by atoms with E-state index in [1.807, 2.05) is 57.3 Å². The molecule has 2 unspecified atom stereocenters. The summed E-state index contributed by atoms with van der Waals surface area (Å²) in [6.45, 7) is 8.90. The molecule has 2 atom stereocenters. The zero-order valence-corrected chi connectivity index (χ0v) is 24.5. The lowest BCUT2D eigenvalue weighted by Gasteiger charge is -2.25. The average molecular weight is 561 g/mol. The van der Waals surface area contributed by atoms with Gasteiger partial charge in [0.25, 0.3) is 0 Å². The summed E-state index contributed by atoms with van der Waals surface area (Å²) in [5, 5.41) is 8.52. The second-order valence-electron chi connectivity index (χ2n) is 10.8. The Balaban J connectivity index is 1.56. The topological polar surface area (TPSA) is 94.4 Å². The molecule has 0 radical (unpaired) electrons. The number of carbonyl (C=O) groups excluding carboxylic acids is 1. The molecule has 8 nitrogen and oxygen atoms in total. The predicted octanol–water partition coefficient (Wildman–Crippen LogP) is 5.05. The number of benzene rings is 3. The standard InChI is InChI=1S/C31H36N4O4S/c1-6-39-30(36)17-27(26-13-14-28-31(22(26)4)32-33-34(28)5)23-12-11-21(3)25(16-23)19-35-18-20(2)15-24-9-7-8-10-29(24)40(35,37)38/h7-14,16,20,27H,6,15,17-19H2,1-5H3. The van der Waals surface area contributed by atoms with Gasteiger partial charge in [0, 0.05) is 26.1 Å². The third-order valence-corrected chi connectivity index (χ3v) is 9.84. The zero-order valence-electron chi connectivity index (χ0n) is 23.7. The predicted molar refractivity (Wildman–Crippen MR) is 154 cm³/mol. The molecule has 4 aromatic rings. The molecular weight excluding hydrogens is 524 g/mol. The Morgan fingerprint density at radius 2 is 1.90 bits per heavy atom. The van der Waals surface area contributed by atoms with Crippen molar-refractivity contribution in [3.8, 4) is 0 Å². The van der Waals surface area contributed by atoms with Crippen LogP contribution in [0.4, 0.5) is 0 Å². The molecule has 0 saturated carbocycles. The molecule has 9 heteroatoms. The minimum Gasteiger partial charge on any atom is -0.466 e. The Labute approximate surface area is 236 Å². The van der Waals surface area contributed by atoms with Gasteiger partial charge in [-0.3, -0.25) is 4.79 Å². The average Bonchev–Trinajstić information content (AvgIpc) is 3.26. The lowest BCUT2D eigenvalue weighted by atomic mass is 9.84.